The topological polar surface area (TPSA) is 86.3 Å². The Hall–Kier alpha value is -3.07. The standard InChI is InChI=1S/C13H10N8S/c1-3-15-20(6-1)11-9-10(18-13-14-5-8-22-13)17-12(19-11)21-7-2-4-16-21/h1-9H,(H,14,17,18,19). The van der Waals surface area contributed by atoms with E-state index in [-0.39, 0.29) is 0 Å². The Morgan fingerprint density at radius 3 is 2.45 bits per heavy atom. The van der Waals surface area contributed by atoms with Crippen LogP contribution in [0, 0.1) is 0 Å². The van der Waals surface area contributed by atoms with Crippen molar-refractivity contribution in [2.45, 2.75) is 0 Å². The number of anilines is 2. The fourth-order valence-electron chi connectivity index (χ4n) is 1.89. The van der Waals surface area contributed by atoms with E-state index in [4.69, 9.17) is 0 Å². The second kappa shape index (κ2) is 5.37. The molecule has 0 saturated heterocycles. The van der Waals surface area contributed by atoms with Gasteiger partial charge in [-0.2, -0.15) is 20.2 Å². The van der Waals surface area contributed by atoms with Crippen LogP contribution in [-0.2, 0) is 0 Å². The molecule has 4 rings (SSSR count). The number of rotatable bonds is 4. The van der Waals surface area contributed by atoms with Crippen molar-refractivity contribution < 1.29 is 0 Å². The highest BCUT2D eigenvalue weighted by Crippen LogP contribution is 2.19. The van der Waals surface area contributed by atoms with Gasteiger partial charge in [0.2, 0.25) is 0 Å². The first-order valence-corrected chi connectivity index (χ1v) is 7.32. The van der Waals surface area contributed by atoms with Crippen molar-refractivity contribution in [1.29, 1.82) is 0 Å². The fourth-order valence-corrected chi connectivity index (χ4v) is 2.43. The van der Waals surface area contributed by atoms with Gasteiger partial charge in [0.15, 0.2) is 10.9 Å². The Balaban J connectivity index is 1.80. The van der Waals surface area contributed by atoms with Gasteiger partial charge in [-0.15, -0.1) is 11.3 Å². The molecule has 0 spiro atoms. The third-order valence-corrected chi connectivity index (χ3v) is 3.51. The minimum absolute atomic E-state index is 0.456. The lowest BCUT2D eigenvalue weighted by Crippen LogP contribution is -2.08. The molecule has 0 saturated carbocycles. The summed E-state index contributed by atoms with van der Waals surface area (Å²) in [6.07, 6.45) is 8.72. The summed E-state index contributed by atoms with van der Waals surface area (Å²) in [6.45, 7) is 0. The predicted molar refractivity (Wildman–Crippen MR) is 81.7 cm³/mol. The quantitative estimate of drug-likeness (QED) is 0.621. The molecule has 0 aromatic carbocycles. The van der Waals surface area contributed by atoms with Crippen LogP contribution in [-0.4, -0.2) is 34.5 Å². The van der Waals surface area contributed by atoms with Crippen molar-refractivity contribution in [1.82, 2.24) is 34.5 Å². The molecule has 9 heteroatoms. The molecule has 0 aliphatic rings. The van der Waals surface area contributed by atoms with Crippen LogP contribution in [0.3, 0.4) is 0 Å². The molecule has 4 aromatic rings. The molecule has 0 bridgehead atoms. The van der Waals surface area contributed by atoms with Crippen molar-refractivity contribution in [3.63, 3.8) is 0 Å². The largest absolute Gasteiger partial charge is 0.316 e. The lowest BCUT2D eigenvalue weighted by Gasteiger charge is -2.08. The van der Waals surface area contributed by atoms with Gasteiger partial charge in [-0.25, -0.2) is 14.3 Å². The first kappa shape index (κ1) is 12.7. The molecule has 0 aliphatic carbocycles. The number of hydrogen-bond donors (Lipinski definition) is 1. The van der Waals surface area contributed by atoms with Crippen LogP contribution < -0.4 is 5.32 Å². The van der Waals surface area contributed by atoms with Crippen molar-refractivity contribution >= 4 is 22.3 Å². The minimum atomic E-state index is 0.456. The second-order valence-electron chi connectivity index (χ2n) is 4.27. The SMILES string of the molecule is c1cnn(-c2cc(Nc3nccs3)nc(-n3cccn3)n2)c1. The molecule has 4 aromatic heterocycles. The first-order valence-electron chi connectivity index (χ1n) is 6.44. The molecule has 4 heterocycles. The minimum Gasteiger partial charge on any atom is -0.316 e. The molecule has 108 valence electrons. The summed E-state index contributed by atoms with van der Waals surface area (Å²) in [4.78, 5) is 13.1. The lowest BCUT2D eigenvalue weighted by atomic mass is 10.5. The molecular weight excluding hydrogens is 300 g/mol. The summed E-state index contributed by atoms with van der Waals surface area (Å²) in [5.41, 5.74) is 0. The van der Waals surface area contributed by atoms with Crippen LogP contribution in [0.15, 0.2) is 54.6 Å². The monoisotopic (exact) mass is 310 g/mol. The van der Waals surface area contributed by atoms with E-state index >= 15 is 0 Å². The Morgan fingerprint density at radius 2 is 1.77 bits per heavy atom. The van der Waals surface area contributed by atoms with Crippen molar-refractivity contribution in [3.8, 4) is 11.8 Å². The number of aromatic nitrogens is 7. The number of thiazole rings is 1. The number of hydrogen-bond acceptors (Lipinski definition) is 7. The third kappa shape index (κ3) is 2.44. The summed E-state index contributed by atoms with van der Waals surface area (Å²) in [7, 11) is 0. The van der Waals surface area contributed by atoms with Crippen molar-refractivity contribution in [2.24, 2.45) is 0 Å². The maximum atomic E-state index is 4.48. The van der Waals surface area contributed by atoms with Gasteiger partial charge < -0.3 is 5.32 Å². The summed E-state index contributed by atoms with van der Waals surface area (Å²) in [6, 6.07) is 5.46. The van der Waals surface area contributed by atoms with Crippen LogP contribution in [0.5, 0.6) is 0 Å². The van der Waals surface area contributed by atoms with Crippen molar-refractivity contribution in [3.05, 3.63) is 54.6 Å². The lowest BCUT2D eigenvalue weighted by molar-refractivity contribution is 0.776. The van der Waals surface area contributed by atoms with E-state index in [9.17, 15) is 0 Å². The van der Waals surface area contributed by atoms with Gasteiger partial charge in [-0.3, -0.25) is 0 Å². The van der Waals surface area contributed by atoms with Crippen LogP contribution in [0.2, 0.25) is 0 Å². The van der Waals surface area contributed by atoms with E-state index in [1.807, 2.05) is 23.7 Å². The first-order chi connectivity index (χ1) is 10.9. The van der Waals surface area contributed by atoms with Crippen LogP contribution in [0.25, 0.3) is 11.8 Å². The predicted octanol–water partition coefficient (Wildman–Crippen LogP) is 2.05. The Kier molecular flexibility index (Phi) is 3.09. The molecular formula is C13H10N8S. The zero-order valence-electron chi connectivity index (χ0n) is 11.2. The summed E-state index contributed by atoms with van der Waals surface area (Å²) in [5, 5.41) is 14.2. The fraction of sp³-hybridized carbons (Fsp3) is 0. The molecule has 22 heavy (non-hydrogen) atoms. The van der Waals surface area contributed by atoms with E-state index in [1.54, 1.807) is 40.2 Å². The van der Waals surface area contributed by atoms with E-state index in [2.05, 4.69) is 30.5 Å². The summed E-state index contributed by atoms with van der Waals surface area (Å²) < 4.78 is 3.27. The molecule has 0 aliphatic heterocycles. The zero-order valence-corrected chi connectivity index (χ0v) is 12.1. The summed E-state index contributed by atoms with van der Waals surface area (Å²) in [5.74, 6) is 1.72. The van der Waals surface area contributed by atoms with Crippen LogP contribution in [0.1, 0.15) is 0 Å². The average Bonchev–Trinajstić information content (AvgIpc) is 3.29. The van der Waals surface area contributed by atoms with Gasteiger partial charge in [-0.1, -0.05) is 0 Å². The van der Waals surface area contributed by atoms with E-state index in [0.717, 1.165) is 5.13 Å². The molecule has 0 radical (unpaired) electrons. The smallest absolute Gasteiger partial charge is 0.254 e. The zero-order chi connectivity index (χ0) is 14.8. The van der Waals surface area contributed by atoms with Crippen LogP contribution in [0.4, 0.5) is 10.9 Å². The number of nitrogens with one attached hydrogen (secondary N) is 1. The highest BCUT2D eigenvalue weighted by Gasteiger charge is 2.09. The highest BCUT2D eigenvalue weighted by molar-refractivity contribution is 7.13. The van der Waals surface area contributed by atoms with E-state index < -0.39 is 0 Å². The Labute approximate surface area is 129 Å². The van der Waals surface area contributed by atoms with Gasteiger partial charge in [0.1, 0.15) is 5.82 Å². The van der Waals surface area contributed by atoms with Gasteiger partial charge in [-0.05, 0) is 12.1 Å². The normalized spacial score (nSPS) is 10.7. The Bertz CT molecular complexity index is 799. The molecule has 1 N–H and O–H groups in total. The maximum Gasteiger partial charge on any atom is 0.254 e. The second-order valence-corrected chi connectivity index (χ2v) is 5.17. The molecule has 8 nitrogen and oxygen atoms in total. The van der Waals surface area contributed by atoms with Gasteiger partial charge in [0, 0.05) is 42.4 Å². The highest BCUT2D eigenvalue weighted by atomic mass is 32.1. The van der Waals surface area contributed by atoms with E-state index in [1.165, 1.54) is 11.3 Å². The number of nitrogens with zero attached hydrogens (tertiary/aromatic N) is 7. The van der Waals surface area contributed by atoms with Crippen LogP contribution >= 0.6 is 11.3 Å². The van der Waals surface area contributed by atoms with Gasteiger partial charge in [0.25, 0.3) is 5.95 Å². The average molecular weight is 310 g/mol. The molecule has 0 fully saturated rings. The Morgan fingerprint density at radius 1 is 0.955 bits per heavy atom. The van der Waals surface area contributed by atoms with E-state index in [0.29, 0.717) is 17.6 Å². The molecule has 0 atom stereocenters. The van der Waals surface area contributed by atoms with Gasteiger partial charge >= 0.3 is 0 Å². The molecule has 0 unspecified atom stereocenters. The summed E-state index contributed by atoms with van der Waals surface area (Å²) >= 11 is 1.50. The maximum absolute atomic E-state index is 4.48. The third-order valence-electron chi connectivity index (χ3n) is 2.82. The van der Waals surface area contributed by atoms with Gasteiger partial charge in [0.05, 0.1) is 0 Å². The van der Waals surface area contributed by atoms with Crippen molar-refractivity contribution in [2.75, 3.05) is 5.32 Å². The molecule has 0 amide bonds.